The maximum atomic E-state index is 12.9. The molecule has 3 heterocycles. The van der Waals surface area contributed by atoms with Crippen LogP contribution in [0.5, 0.6) is 11.5 Å². The van der Waals surface area contributed by atoms with Crippen LogP contribution in [0.3, 0.4) is 0 Å². The SMILES string of the molecule is O=C(Cc1c[nH]c2ccccc12)N1CCN(C(=O)[C@H]2COc3ccccc3O2)CC1. The summed E-state index contributed by atoms with van der Waals surface area (Å²) < 4.78 is 11.5. The van der Waals surface area contributed by atoms with Gasteiger partial charge in [0.15, 0.2) is 11.5 Å². The molecule has 0 aliphatic carbocycles. The average molecular weight is 405 g/mol. The molecular formula is C23H23N3O4. The summed E-state index contributed by atoms with van der Waals surface area (Å²) in [5.74, 6) is 1.25. The monoisotopic (exact) mass is 405 g/mol. The number of aromatic amines is 1. The molecule has 1 N–H and O–H groups in total. The Morgan fingerprint density at radius 1 is 0.933 bits per heavy atom. The molecule has 1 fully saturated rings. The molecule has 1 saturated heterocycles. The molecule has 0 spiro atoms. The van der Waals surface area contributed by atoms with Crippen LogP contribution in [0.25, 0.3) is 10.9 Å². The van der Waals surface area contributed by atoms with Crippen LogP contribution in [0, 0.1) is 0 Å². The molecule has 5 rings (SSSR count). The van der Waals surface area contributed by atoms with Crippen LogP contribution in [0.2, 0.25) is 0 Å². The fourth-order valence-electron chi connectivity index (χ4n) is 4.07. The van der Waals surface area contributed by atoms with Gasteiger partial charge in [-0.15, -0.1) is 0 Å². The molecule has 0 unspecified atom stereocenters. The van der Waals surface area contributed by atoms with Crippen LogP contribution < -0.4 is 9.47 Å². The van der Waals surface area contributed by atoms with E-state index in [1.165, 1.54) is 0 Å². The van der Waals surface area contributed by atoms with Crippen molar-refractivity contribution >= 4 is 22.7 Å². The fourth-order valence-corrected chi connectivity index (χ4v) is 4.07. The van der Waals surface area contributed by atoms with Gasteiger partial charge in [0, 0.05) is 43.3 Å². The Hall–Kier alpha value is -3.48. The molecule has 30 heavy (non-hydrogen) atoms. The van der Waals surface area contributed by atoms with Gasteiger partial charge in [0.05, 0.1) is 6.42 Å². The maximum Gasteiger partial charge on any atom is 0.267 e. The number of H-pyrrole nitrogens is 1. The first-order chi connectivity index (χ1) is 14.7. The van der Waals surface area contributed by atoms with Gasteiger partial charge in [-0.05, 0) is 23.8 Å². The van der Waals surface area contributed by atoms with E-state index >= 15 is 0 Å². The third-order valence-electron chi connectivity index (χ3n) is 5.74. The zero-order valence-corrected chi connectivity index (χ0v) is 16.5. The van der Waals surface area contributed by atoms with Crippen molar-refractivity contribution < 1.29 is 19.1 Å². The Kier molecular flexibility index (Phi) is 4.78. The average Bonchev–Trinajstić information content (AvgIpc) is 3.21. The Morgan fingerprint density at radius 2 is 1.63 bits per heavy atom. The van der Waals surface area contributed by atoms with Gasteiger partial charge < -0.3 is 24.3 Å². The van der Waals surface area contributed by atoms with Gasteiger partial charge in [0.25, 0.3) is 5.91 Å². The summed E-state index contributed by atoms with van der Waals surface area (Å²) in [6.07, 6.45) is 1.61. The summed E-state index contributed by atoms with van der Waals surface area (Å²) >= 11 is 0. The maximum absolute atomic E-state index is 12.9. The van der Waals surface area contributed by atoms with Gasteiger partial charge in [0.2, 0.25) is 12.0 Å². The number of nitrogens with one attached hydrogen (secondary N) is 1. The van der Waals surface area contributed by atoms with Gasteiger partial charge in [-0.25, -0.2) is 0 Å². The highest BCUT2D eigenvalue weighted by Gasteiger charge is 2.33. The molecular weight excluding hydrogens is 382 g/mol. The van der Waals surface area contributed by atoms with Crippen LogP contribution in [-0.2, 0) is 16.0 Å². The van der Waals surface area contributed by atoms with Crippen LogP contribution >= 0.6 is 0 Å². The summed E-state index contributed by atoms with van der Waals surface area (Å²) in [7, 11) is 0. The third-order valence-corrected chi connectivity index (χ3v) is 5.74. The second kappa shape index (κ2) is 7.74. The summed E-state index contributed by atoms with van der Waals surface area (Å²) in [5.41, 5.74) is 2.03. The van der Waals surface area contributed by atoms with E-state index in [2.05, 4.69) is 4.98 Å². The first-order valence-corrected chi connectivity index (χ1v) is 10.2. The van der Waals surface area contributed by atoms with E-state index in [1.54, 1.807) is 11.0 Å². The molecule has 0 radical (unpaired) electrons. The Labute approximate surface area is 174 Å². The fraction of sp³-hybridized carbons (Fsp3) is 0.304. The van der Waals surface area contributed by atoms with E-state index in [-0.39, 0.29) is 18.4 Å². The first-order valence-electron chi connectivity index (χ1n) is 10.2. The number of piperazine rings is 1. The largest absolute Gasteiger partial charge is 0.485 e. The quantitative estimate of drug-likeness (QED) is 0.725. The molecule has 1 aromatic heterocycles. The Balaban J connectivity index is 1.17. The highest BCUT2D eigenvalue weighted by Crippen LogP contribution is 2.31. The second-order valence-electron chi connectivity index (χ2n) is 7.61. The van der Waals surface area contributed by atoms with Crippen molar-refractivity contribution in [3.8, 4) is 11.5 Å². The van der Waals surface area contributed by atoms with Gasteiger partial charge in [-0.3, -0.25) is 9.59 Å². The van der Waals surface area contributed by atoms with Gasteiger partial charge in [-0.2, -0.15) is 0 Å². The number of carbonyl (C=O) groups excluding carboxylic acids is 2. The number of rotatable bonds is 3. The molecule has 2 aliphatic rings. The molecule has 3 aromatic rings. The Morgan fingerprint density at radius 3 is 2.47 bits per heavy atom. The Bertz CT molecular complexity index is 1080. The van der Waals surface area contributed by atoms with E-state index < -0.39 is 6.10 Å². The lowest BCUT2D eigenvalue weighted by molar-refractivity contribution is -0.146. The molecule has 1 atom stereocenters. The zero-order chi connectivity index (χ0) is 20.5. The summed E-state index contributed by atoms with van der Waals surface area (Å²) in [4.78, 5) is 32.5. The van der Waals surface area contributed by atoms with E-state index in [0.717, 1.165) is 16.5 Å². The lowest BCUT2D eigenvalue weighted by Gasteiger charge is -2.37. The number of carbonyl (C=O) groups is 2. The lowest BCUT2D eigenvalue weighted by Crippen LogP contribution is -2.55. The molecule has 2 aromatic carbocycles. The molecule has 0 saturated carbocycles. The van der Waals surface area contributed by atoms with Crippen molar-refractivity contribution in [3.63, 3.8) is 0 Å². The summed E-state index contributed by atoms with van der Waals surface area (Å²) in [5, 5.41) is 1.08. The van der Waals surface area contributed by atoms with E-state index in [4.69, 9.17) is 9.47 Å². The molecule has 154 valence electrons. The zero-order valence-electron chi connectivity index (χ0n) is 16.5. The smallest absolute Gasteiger partial charge is 0.267 e. The molecule has 2 amide bonds. The van der Waals surface area contributed by atoms with Crippen molar-refractivity contribution in [1.29, 1.82) is 0 Å². The van der Waals surface area contributed by atoms with Crippen molar-refractivity contribution in [3.05, 3.63) is 60.3 Å². The number of hydrogen-bond acceptors (Lipinski definition) is 4. The van der Waals surface area contributed by atoms with Crippen LogP contribution in [0.15, 0.2) is 54.7 Å². The van der Waals surface area contributed by atoms with E-state index in [1.807, 2.05) is 53.6 Å². The summed E-state index contributed by atoms with van der Waals surface area (Å²) in [6, 6.07) is 15.3. The van der Waals surface area contributed by atoms with Crippen molar-refractivity contribution in [1.82, 2.24) is 14.8 Å². The summed E-state index contributed by atoms with van der Waals surface area (Å²) in [6.45, 7) is 2.25. The minimum atomic E-state index is -0.645. The standard InChI is InChI=1S/C23H23N3O4/c27-22(13-16-14-24-18-6-2-1-5-17(16)18)25-9-11-26(12-10-25)23(28)21-15-29-19-7-3-4-8-20(19)30-21/h1-8,14,21,24H,9-13,15H2/t21-/m1/s1. The van der Waals surface area contributed by atoms with Crippen LogP contribution in [0.4, 0.5) is 0 Å². The van der Waals surface area contributed by atoms with Crippen molar-refractivity contribution in [2.75, 3.05) is 32.8 Å². The van der Waals surface area contributed by atoms with Crippen molar-refractivity contribution in [2.45, 2.75) is 12.5 Å². The topological polar surface area (TPSA) is 74.9 Å². The van der Waals surface area contributed by atoms with E-state index in [0.29, 0.717) is 44.1 Å². The molecule has 7 nitrogen and oxygen atoms in total. The van der Waals surface area contributed by atoms with E-state index in [9.17, 15) is 9.59 Å². The highest BCUT2D eigenvalue weighted by molar-refractivity contribution is 5.89. The lowest BCUT2D eigenvalue weighted by atomic mass is 10.1. The number of aromatic nitrogens is 1. The van der Waals surface area contributed by atoms with Crippen molar-refractivity contribution in [2.24, 2.45) is 0 Å². The predicted octanol–water partition coefficient (Wildman–Crippen LogP) is 2.22. The van der Waals surface area contributed by atoms with Gasteiger partial charge >= 0.3 is 0 Å². The van der Waals surface area contributed by atoms with Gasteiger partial charge in [-0.1, -0.05) is 30.3 Å². The third kappa shape index (κ3) is 3.47. The second-order valence-corrected chi connectivity index (χ2v) is 7.61. The number of benzene rings is 2. The number of amides is 2. The number of ether oxygens (including phenoxy) is 2. The molecule has 0 bridgehead atoms. The number of para-hydroxylation sites is 3. The van der Waals surface area contributed by atoms with Crippen LogP contribution in [-0.4, -0.2) is 65.5 Å². The minimum absolute atomic E-state index is 0.0815. The minimum Gasteiger partial charge on any atom is -0.485 e. The number of hydrogen-bond donors (Lipinski definition) is 1. The number of fused-ring (bicyclic) bond motifs is 2. The molecule has 2 aliphatic heterocycles. The van der Waals surface area contributed by atoms with Gasteiger partial charge in [0.1, 0.15) is 6.61 Å². The highest BCUT2D eigenvalue weighted by atomic mass is 16.6. The first kappa shape index (κ1) is 18.5. The predicted molar refractivity (Wildman–Crippen MR) is 112 cm³/mol. The molecule has 7 heteroatoms. The van der Waals surface area contributed by atoms with Crippen LogP contribution in [0.1, 0.15) is 5.56 Å². The normalized spacial score (nSPS) is 18.5. The number of nitrogens with zero attached hydrogens (tertiary/aromatic N) is 2.